The third kappa shape index (κ3) is 3.27. The molecule has 0 atom stereocenters. The summed E-state index contributed by atoms with van der Waals surface area (Å²) < 4.78 is 44.1. The monoisotopic (exact) mass is 332 g/mol. The lowest BCUT2D eigenvalue weighted by atomic mass is 9.94. The highest BCUT2D eigenvalue weighted by Gasteiger charge is 2.33. The summed E-state index contributed by atoms with van der Waals surface area (Å²) in [4.78, 5) is 4.10. The van der Waals surface area contributed by atoms with Crippen LogP contribution in [0.5, 0.6) is 5.75 Å². The Morgan fingerprint density at radius 2 is 1.88 bits per heavy atom. The summed E-state index contributed by atoms with van der Waals surface area (Å²) in [5, 5.41) is 13.6. The maximum atomic E-state index is 13.0. The fourth-order valence-corrected chi connectivity index (χ4v) is 2.38. The van der Waals surface area contributed by atoms with Gasteiger partial charge in [-0.3, -0.25) is 0 Å². The molecule has 0 spiro atoms. The molecular formula is C16H12BF3N2O2. The molecule has 1 heterocycles. The van der Waals surface area contributed by atoms with E-state index >= 15 is 0 Å². The summed E-state index contributed by atoms with van der Waals surface area (Å²) in [6.45, 7) is 0. The van der Waals surface area contributed by atoms with E-state index in [1.165, 1.54) is 24.3 Å². The van der Waals surface area contributed by atoms with Crippen molar-refractivity contribution in [2.24, 2.45) is 0 Å². The van der Waals surface area contributed by atoms with Crippen LogP contribution in [0.4, 0.5) is 13.2 Å². The highest BCUT2D eigenvalue weighted by molar-refractivity contribution is 6.32. The van der Waals surface area contributed by atoms with Crippen molar-refractivity contribution < 1.29 is 22.8 Å². The summed E-state index contributed by atoms with van der Waals surface area (Å²) in [6.07, 6.45) is -4.57. The minimum Gasteiger partial charge on any atom is -0.507 e. The van der Waals surface area contributed by atoms with Crippen molar-refractivity contribution in [3.05, 3.63) is 59.4 Å². The largest absolute Gasteiger partial charge is 0.507 e. The maximum absolute atomic E-state index is 13.0. The van der Waals surface area contributed by atoms with Crippen molar-refractivity contribution in [3.63, 3.8) is 0 Å². The lowest BCUT2D eigenvalue weighted by Crippen LogP contribution is -2.09. The molecule has 0 saturated carbocycles. The van der Waals surface area contributed by atoms with E-state index in [4.69, 9.17) is 4.52 Å². The molecule has 0 unspecified atom stereocenters. The Balaban J connectivity index is 1.92. The topological polar surface area (TPSA) is 59.2 Å². The molecule has 0 bridgehead atoms. The highest BCUT2D eigenvalue weighted by Crippen LogP contribution is 2.33. The fourth-order valence-electron chi connectivity index (χ4n) is 2.38. The first kappa shape index (κ1) is 16.1. The van der Waals surface area contributed by atoms with Gasteiger partial charge in [0.1, 0.15) is 13.6 Å². The van der Waals surface area contributed by atoms with Crippen LogP contribution >= 0.6 is 0 Å². The first-order valence-electron chi connectivity index (χ1n) is 7.12. The molecule has 1 N–H and O–H groups in total. The molecule has 0 aliphatic carbocycles. The van der Waals surface area contributed by atoms with Crippen LogP contribution in [0.3, 0.4) is 0 Å². The quantitative estimate of drug-likeness (QED) is 0.748. The molecule has 8 heteroatoms. The number of hydrogen-bond acceptors (Lipinski definition) is 4. The van der Waals surface area contributed by atoms with Gasteiger partial charge in [-0.2, -0.15) is 18.2 Å². The normalized spacial score (nSPS) is 11.6. The van der Waals surface area contributed by atoms with E-state index in [2.05, 4.69) is 10.1 Å². The van der Waals surface area contributed by atoms with Crippen LogP contribution < -0.4 is 5.46 Å². The van der Waals surface area contributed by atoms with Crippen molar-refractivity contribution in [1.29, 1.82) is 0 Å². The van der Waals surface area contributed by atoms with Crippen molar-refractivity contribution in [2.75, 3.05) is 0 Å². The van der Waals surface area contributed by atoms with Crippen LogP contribution in [0.2, 0.25) is 0 Å². The predicted molar refractivity (Wildman–Crippen MR) is 83.8 cm³/mol. The number of rotatable bonds is 3. The van der Waals surface area contributed by atoms with E-state index in [0.717, 1.165) is 11.5 Å². The smallest absolute Gasteiger partial charge is 0.416 e. The van der Waals surface area contributed by atoms with Crippen LogP contribution in [0.1, 0.15) is 17.0 Å². The van der Waals surface area contributed by atoms with Crippen LogP contribution in [0, 0.1) is 0 Å². The summed E-state index contributed by atoms with van der Waals surface area (Å²) in [7, 11) is 1.83. The van der Waals surface area contributed by atoms with E-state index < -0.39 is 11.7 Å². The van der Waals surface area contributed by atoms with Crippen molar-refractivity contribution in [3.8, 4) is 17.2 Å². The Morgan fingerprint density at radius 3 is 2.62 bits per heavy atom. The van der Waals surface area contributed by atoms with Gasteiger partial charge >= 0.3 is 6.18 Å². The fraction of sp³-hybridized carbons (Fsp3) is 0.125. The van der Waals surface area contributed by atoms with Crippen LogP contribution in [-0.4, -0.2) is 23.1 Å². The summed E-state index contributed by atoms with van der Waals surface area (Å²) in [6, 6.07) is 10.1. The average Bonchev–Trinajstić information content (AvgIpc) is 2.97. The molecule has 0 fully saturated rings. The summed E-state index contributed by atoms with van der Waals surface area (Å²) in [5.74, 6) is 0.143. The van der Waals surface area contributed by atoms with E-state index in [1.54, 1.807) is 12.1 Å². The summed E-state index contributed by atoms with van der Waals surface area (Å²) in [5.41, 5.74) is 0.559. The van der Waals surface area contributed by atoms with Crippen molar-refractivity contribution in [2.45, 2.75) is 12.6 Å². The molecule has 3 aromatic rings. The Kier molecular flexibility index (Phi) is 4.05. The van der Waals surface area contributed by atoms with Gasteiger partial charge in [-0.1, -0.05) is 41.0 Å². The number of hydrogen-bond donors (Lipinski definition) is 1. The van der Waals surface area contributed by atoms with Crippen LogP contribution in [0.25, 0.3) is 11.5 Å². The van der Waals surface area contributed by atoms with Gasteiger partial charge < -0.3 is 9.63 Å². The van der Waals surface area contributed by atoms with E-state index in [1.807, 2.05) is 7.85 Å². The summed E-state index contributed by atoms with van der Waals surface area (Å²) >= 11 is 0. The van der Waals surface area contributed by atoms with Crippen LogP contribution in [-0.2, 0) is 12.6 Å². The van der Waals surface area contributed by atoms with E-state index in [0.29, 0.717) is 5.56 Å². The van der Waals surface area contributed by atoms with Crippen molar-refractivity contribution >= 4 is 13.3 Å². The van der Waals surface area contributed by atoms with Gasteiger partial charge in [-0.25, -0.2) is 0 Å². The second-order valence-electron chi connectivity index (χ2n) is 5.37. The van der Waals surface area contributed by atoms with Gasteiger partial charge in [0.2, 0.25) is 0 Å². The molecule has 2 aromatic carbocycles. The molecule has 3 rings (SSSR count). The number of halogens is 3. The Hall–Kier alpha value is -2.77. The standard InChI is InChI=1S/C16H12BF3N2O2/c17-10-5-6-13(23)11(8-10)15-21-14(22-24-15)7-9-3-1-2-4-12(9)16(18,19)20/h1-6,8,23H,7,17H2. The minimum atomic E-state index is -4.45. The molecule has 1 aromatic heterocycles. The molecule has 0 saturated heterocycles. The third-order valence-corrected chi connectivity index (χ3v) is 3.52. The second-order valence-corrected chi connectivity index (χ2v) is 5.37. The van der Waals surface area contributed by atoms with Crippen molar-refractivity contribution in [1.82, 2.24) is 10.1 Å². The lowest BCUT2D eigenvalue weighted by molar-refractivity contribution is -0.138. The number of nitrogens with zero attached hydrogens (tertiary/aromatic N) is 2. The highest BCUT2D eigenvalue weighted by atomic mass is 19.4. The first-order chi connectivity index (χ1) is 11.3. The molecule has 0 radical (unpaired) electrons. The SMILES string of the molecule is Bc1ccc(O)c(-c2nc(Cc3ccccc3C(F)(F)F)no2)c1. The van der Waals surface area contributed by atoms with Gasteiger partial charge in [0.25, 0.3) is 5.89 Å². The van der Waals surface area contributed by atoms with Gasteiger partial charge in [-0.15, -0.1) is 0 Å². The van der Waals surface area contributed by atoms with Gasteiger partial charge in [-0.05, 0) is 17.7 Å². The first-order valence-corrected chi connectivity index (χ1v) is 7.12. The third-order valence-electron chi connectivity index (χ3n) is 3.52. The average molecular weight is 332 g/mol. The lowest BCUT2D eigenvalue weighted by Gasteiger charge is -2.10. The molecule has 0 aliphatic heterocycles. The zero-order chi connectivity index (χ0) is 17.3. The molecule has 4 nitrogen and oxygen atoms in total. The van der Waals surface area contributed by atoms with E-state index in [9.17, 15) is 18.3 Å². The zero-order valence-corrected chi connectivity index (χ0v) is 12.6. The minimum absolute atomic E-state index is 0.0357. The van der Waals surface area contributed by atoms with Gasteiger partial charge in [0.05, 0.1) is 11.1 Å². The molecule has 0 aliphatic rings. The number of phenols is 1. The molecular weight excluding hydrogens is 320 g/mol. The second kappa shape index (κ2) is 6.03. The molecule has 0 amide bonds. The zero-order valence-electron chi connectivity index (χ0n) is 12.6. The number of alkyl halides is 3. The Morgan fingerprint density at radius 1 is 1.12 bits per heavy atom. The number of aromatic hydroxyl groups is 1. The predicted octanol–water partition coefficient (Wildman–Crippen LogP) is 2.31. The van der Waals surface area contributed by atoms with Crippen LogP contribution in [0.15, 0.2) is 47.0 Å². The van der Waals surface area contributed by atoms with Gasteiger partial charge in [0.15, 0.2) is 5.82 Å². The maximum Gasteiger partial charge on any atom is 0.416 e. The molecule has 24 heavy (non-hydrogen) atoms. The number of aromatic nitrogens is 2. The number of benzene rings is 2. The van der Waals surface area contributed by atoms with E-state index in [-0.39, 0.29) is 29.4 Å². The molecule has 122 valence electrons. The Bertz CT molecular complexity index is 878. The van der Waals surface area contributed by atoms with Gasteiger partial charge in [0, 0.05) is 6.42 Å². The number of phenolic OH excluding ortho intramolecular Hbond substituents is 1. The Labute approximate surface area is 136 Å².